The number of nitrogen functional groups attached to an aromatic ring is 1. The second-order valence-electron chi connectivity index (χ2n) is 5.54. The zero-order valence-electron chi connectivity index (χ0n) is 12.3. The molecular weight excluding hydrogens is 347 g/mol. The molecule has 0 saturated carbocycles. The Morgan fingerprint density at radius 2 is 2.29 bits per heavy atom. The molecule has 0 aliphatic carbocycles. The van der Waals surface area contributed by atoms with Crippen LogP contribution in [0, 0.1) is 17.6 Å². The number of nitrogens with zero attached hydrogens (tertiary/aromatic N) is 1. The average molecular weight is 361 g/mol. The molecule has 1 fully saturated rings. The van der Waals surface area contributed by atoms with Crippen LogP contribution < -0.4 is 11.1 Å². The SMILES string of the molecule is Nc1cc(F)c(F)c([C@]23CO[C@H](CF)[C@@H]2CN=C(NC(=O)O)S3)c1. The number of anilines is 1. The molecule has 0 aromatic heterocycles. The Balaban J connectivity index is 2.10. The van der Waals surface area contributed by atoms with Gasteiger partial charge in [-0.05, 0) is 12.1 Å². The third kappa shape index (κ3) is 2.69. The third-order valence-corrected chi connectivity index (χ3v) is 5.57. The molecule has 130 valence electrons. The topological polar surface area (TPSA) is 96.9 Å². The number of benzene rings is 1. The average Bonchev–Trinajstić information content (AvgIpc) is 2.89. The van der Waals surface area contributed by atoms with Crippen LogP contribution in [0.2, 0.25) is 0 Å². The Kier molecular flexibility index (Phi) is 4.35. The van der Waals surface area contributed by atoms with Crippen LogP contribution in [0.25, 0.3) is 0 Å². The number of ether oxygens (including phenoxy) is 1. The Bertz CT molecular complexity index is 718. The lowest BCUT2D eigenvalue weighted by atomic mass is 9.83. The van der Waals surface area contributed by atoms with Crippen molar-refractivity contribution in [3.8, 4) is 0 Å². The van der Waals surface area contributed by atoms with Gasteiger partial charge in [-0.25, -0.2) is 18.0 Å². The first-order valence-corrected chi connectivity index (χ1v) is 7.85. The Morgan fingerprint density at radius 3 is 2.96 bits per heavy atom. The van der Waals surface area contributed by atoms with E-state index in [9.17, 15) is 18.0 Å². The van der Waals surface area contributed by atoms with Crippen molar-refractivity contribution in [1.29, 1.82) is 0 Å². The summed E-state index contributed by atoms with van der Waals surface area (Å²) in [5.74, 6) is -2.82. The maximum absolute atomic E-state index is 14.4. The molecular formula is C14H14F3N3O3S. The predicted octanol–water partition coefficient (Wildman–Crippen LogP) is 2.10. The first-order valence-electron chi connectivity index (χ1n) is 7.03. The van der Waals surface area contributed by atoms with Gasteiger partial charge >= 0.3 is 6.09 Å². The summed E-state index contributed by atoms with van der Waals surface area (Å²) in [6, 6.07) is 2.12. The summed E-state index contributed by atoms with van der Waals surface area (Å²) >= 11 is 0.886. The number of thioether (sulfide) groups is 1. The van der Waals surface area contributed by atoms with Crippen molar-refractivity contribution in [2.45, 2.75) is 10.9 Å². The molecule has 1 saturated heterocycles. The molecule has 24 heavy (non-hydrogen) atoms. The molecule has 0 radical (unpaired) electrons. The fourth-order valence-electron chi connectivity index (χ4n) is 3.07. The predicted molar refractivity (Wildman–Crippen MR) is 82.7 cm³/mol. The van der Waals surface area contributed by atoms with Crippen molar-refractivity contribution in [3.63, 3.8) is 0 Å². The number of amidine groups is 1. The van der Waals surface area contributed by atoms with Crippen LogP contribution in [0.15, 0.2) is 17.1 Å². The first-order chi connectivity index (χ1) is 11.4. The fourth-order valence-corrected chi connectivity index (χ4v) is 4.46. The molecule has 4 N–H and O–H groups in total. The highest BCUT2D eigenvalue weighted by molar-refractivity contribution is 8.14. The number of nitrogens with two attached hydrogens (primary N) is 1. The summed E-state index contributed by atoms with van der Waals surface area (Å²) in [6.45, 7) is -0.902. The monoisotopic (exact) mass is 361 g/mol. The van der Waals surface area contributed by atoms with Crippen molar-refractivity contribution in [2.24, 2.45) is 10.9 Å². The summed E-state index contributed by atoms with van der Waals surface area (Å²) in [4.78, 5) is 14.9. The smallest absolute Gasteiger partial charge is 0.410 e. The molecule has 10 heteroatoms. The highest BCUT2D eigenvalue weighted by atomic mass is 32.2. The van der Waals surface area contributed by atoms with Gasteiger partial charge in [0.25, 0.3) is 0 Å². The van der Waals surface area contributed by atoms with Gasteiger partial charge in [-0.15, -0.1) is 0 Å². The Morgan fingerprint density at radius 1 is 1.54 bits per heavy atom. The summed E-state index contributed by atoms with van der Waals surface area (Å²) in [6.07, 6.45) is -2.17. The second-order valence-corrected chi connectivity index (χ2v) is 6.86. The standard InChI is InChI=1S/C14H14F3N3O3S/c15-3-10-8-4-19-12(20-13(21)22)24-14(8,5-23-10)7-1-6(18)2-9(16)11(7)17/h1-2,8,10H,3-5,18H2,(H,19,20)(H,21,22)/t8-,10+,14+/m0/s1. The highest BCUT2D eigenvalue weighted by Gasteiger charge is 2.55. The van der Waals surface area contributed by atoms with Crippen LogP contribution in [0.5, 0.6) is 0 Å². The number of aliphatic imine (C=N–C) groups is 1. The van der Waals surface area contributed by atoms with Gasteiger partial charge in [0.05, 0.1) is 17.5 Å². The van der Waals surface area contributed by atoms with Gasteiger partial charge in [-0.3, -0.25) is 10.3 Å². The van der Waals surface area contributed by atoms with Gasteiger partial charge in [0.1, 0.15) is 6.67 Å². The number of carboxylic acid groups (broad SMARTS) is 1. The fraction of sp³-hybridized carbons (Fsp3) is 0.429. The molecule has 0 bridgehead atoms. The van der Waals surface area contributed by atoms with E-state index >= 15 is 0 Å². The number of carbonyl (C=O) groups is 1. The lowest BCUT2D eigenvalue weighted by Gasteiger charge is -2.37. The summed E-state index contributed by atoms with van der Waals surface area (Å²) in [7, 11) is 0. The van der Waals surface area contributed by atoms with E-state index in [1.165, 1.54) is 6.07 Å². The van der Waals surface area contributed by atoms with E-state index in [4.69, 9.17) is 15.6 Å². The van der Waals surface area contributed by atoms with Crippen molar-refractivity contribution in [2.75, 3.05) is 25.6 Å². The maximum Gasteiger partial charge on any atom is 0.410 e. The number of rotatable bonds is 2. The van der Waals surface area contributed by atoms with Crippen LogP contribution in [0.3, 0.4) is 0 Å². The minimum absolute atomic E-state index is 0.0107. The number of halogens is 3. The summed E-state index contributed by atoms with van der Waals surface area (Å²) < 4.78 is 45.7. The van der Waals surface area contributed by atoms with Crippen molar-refractivity contribution in [1.82, 2.24) is 5.32 Å². The van der Waals surface area contributed by atoms with Crippen LogP contribution in [0.1, 0.15) is 5.56 Å². The number of nitrogens with one attached hydrogen (secondary N) is 1. The summed E-state index contributed by atoms with van der Waals surface area (Å²) in [5.41, 5.74) is 5.56. The van der Waals surface area contributed by atoms with E-state index in [-0.39, 0.29) is 29.6 Å². The number of hydrogen-bond acceptors (Lipinski definition) is 5. The van der Waals surface area contributed by atoms with Crippen molar-refractivity contribution < 1.29 is 27.8 Å². The first kappa shape index (κ1) is 16.9. The minimum Gasteiger partial charge on any atom is -0.465 e. The molecule has 0 spiro atoms. The Labute approximate surface area is 139 Å². The molecule has 2 aliphatic rings. The van der Waals surface area contributed by atoms with Gasteiger partial charge in [0.15, 0.2) is 16.8 Å². The van der Waals surface area contributed by atoms with Gasteiger partial charge in [0.2, 0.25) is 0 Å². The van der Waals surface area contributed by atoms with Crippen LogP contribution >= 0.6 is 11.8 Å². The van der Waals surface area contributed by atoms with Crippen molar-refractivity contribution in [3.05, 3.63) is 29.3 Å². The molecule has 1 amide bonds. The van der Waals surface area contributed by atoms with Crippen molar-refractivity contribution >= 4 is 28.7 Å². The largest absolute Gasteiger partial charge is 0.465 e. The molecule has 6 nitrogen and oxygen atoms in total. The second kappa shape index (κ2) is 6.17. The molecule has 1 aromatic rings. The molecule has 2 aliphatic heterocycles. The number of fused-ring (bicyclic) bond motifs is 1. The van der Waals surface area contributed by atoms with E-state index in [0.29, 0.717) is 0 Å². The van der Waals surface area contributed by atoms with Gasteiger partial charge in [-0.1, -0.05) is 11.8 Å². The quantitative estimate of drug-likeness (QED) is 0.701. The third-order valence-electron chi connectivity index (χ3n) is 4.14. The van der Waals surface area contributed by atoms with E-state index in [1.807, 2.05) is 0 Å². The van der Waals surface area contributed by atoms with E-state index < -0.39 is 41.2 Å². The molecule has 1 aromatic carbocycles. The maximum atomic E-state index is 14.4. The van der Waals surface area contributed by atoms with E-state index in [0.717, 1.165) is 17.8 Å². The normalized spacial score (nSPS) is 29.0. The van der Waals surface area contributed by atoms with Gasteiger partial charge in [-0.2, -0.15) is 0 Å². The van der Waals surface area contributed by atoms with Crippen LogP contribution in [-0.2, 0) is 9.48 Å². The Hall–Kier alpha value is -1.94. The lowest BCUT2D eigenvalue weighted by molar-refractivity contribution is 0.0701. The molecule has 3 rings (SSSR count). The van der Waals surface area contributed by atoms with Crippen LogP contribution in [-0.4, -0.2) is 42.3 Å². The van der Waals surface area contributed by atoms with Gasteiger partial charge < -0.3 is 15.6 Å². The molecule has 2 heterocycles. The van der Waals surface area contributed by atoms with E-state index in [1.54, 1.807) is 0 Å². The highest BCUT2D eigenvalue weighted by Crippen LogP contribution is 2.53. The van der Waals surface area contributed by atoms with Crippen LogP contribution in [0.4, 0.5) is 23.7 Å². The number of amides is 1. The molecule has 3 atom stereocenters. The van der Waals surface area contributed by atoms with Gasteiger partial charge in [0, 0.05) is 23.7 Å². The number of hydrogen-bond donors (Lipinski definition) is 3. The van der Waals surface area contributed by atoms with E-state index in [2.05, 4.69) is 10.3 Å². The zero-order chi connectivity index (χ0) is 17.5. The minimum atomic E-state index is -1.34. The number of alkyl halides is 1. The summed E-state index contributed by atoms with van der Waals surface area (Å²) in [5, 5.41) is 11.0. The molecule has 0 unspecified atom stereocenters. The lowest BCUT2D eigenvalue weighted by Crippen LogP contribution is -2.44. The zero-order valence-corrected chi connectivity index (χ0v) is 13.1.